The van der Waals surface area contributed by atoms with Crippen LogP contribution in [0.15, 0.2) is 0 Å². The fourth-order valence-corrected chi connectivity index (χ4v) is 5.81. The first-order chi connectivity index (χ1) is 9.65. The largest absolute Gasteiger partial charge is 0.314 e. The van der Waals surface area contributed by atoms with E-state index in [0.29, 0.717) is 17.7 Å². The zero-order valence-electron chi connectivity index (χ0n) is 12.3. The molecule has 1 saturated carbocycles. The molecule has 1 aliphatic carbocycles. The Kier molecular flexibility index (Phi) is 4.65. The van der Waals surface area contributed by atoms with E-state index in [2.05, 4.69) is 10.2 Å². The van der Waals surface area contributed by atoms with Crippen LogP contribution in [0.3, 0.4) is 0 Å². The molecule has 5 nitrogen and oxygen atoms in total. The lowest BCUT2D eigenvalue weighted by atomic mass is 10.1. The van der Waals surface area contributed by atoms with Gasteiger partial charge < -0.3 is 5.32 Å². The van der Waals surface area contributed by atoms with Crippen molar-refractivity contribution in [2.45, 2.75) is 38.1 Å². The van der Waals surface area contributed by atoms with Crippen molar-refractivity contribution in [1.29, 1.82) is 0 Å². The predicted molar refractivity (Wildman–Crippen MR) is 80.2 cm³/mol. The van der Waals surface area contributed by atoms with Gasteiger partial charge in [-0.25, -0.2) is 12.7 Å². The number of hydrogen-bond donors (Lipinski definition) is 1. The first kappa shape index (κ1) is 14.8. The zero-order valence-corrected chi connectivity index (χ0v) is 13.1. The molecule has 1 atom stereocenters. The molecule has 0 aromatic rings. The summed E-state index contributed by atoms with van der Waals surface area (Å²) in [7, 11) is -3.02. The normalized spacial score (nSPS) is 31.1. The highest BCUT2D eigenvalue weighted by atomic mass is 32.2. The van der Waals surface area contributed by atoms with Gasteiger partial charge in [0.25, 0.3) is 0 Å². The molecule has 3 aliphatic rings. The third-order valence-corrected chi connectivity index (χ3v) is 7.12. The van der Waals surface area contributed by atoms with Gasteiger partial charge in [0.2, 0.25) is 10.0 Å². The second-order valence-corrected chi connectivity index (χ2v) is 8.53. The Hall–Kier alpha value is -0.170. The van der Waals surface area contributed by atoms with Crippen LogP contribution in [0.2, 0.25) is 0 Å². The summed E-state index contributed by atoms with van der Waals surface area (Å²) >= 11 is 0. The third-order valence-electron chi connectivity index (χ3n) is 5.11. The summed E-state index contributed by atoms with van der Waals surface area (Å²) in [6.07, 6.45) is 5.64. The van der Waals surface area contributed by atoms with Crippen LogP contribution in [-0.2, 0) is 10.0 Å². The number of nitrogens with one attached hydrogen (secondary N) is 1. The molecular weight excluding hydrogens is 274 g/mol. The topological polar surface area (TPSA) is 52.7 Å². The first-order valence-electron chi connectivity index (χ1n) is 8.08. The van der Waals surface area contributed by atoms with Crippen LogP contribution >= 0.6 is 0 Å². The molecule has 1 unspecified atom stereocenters. The summed E-state index contributed by atoms with van der Waals surface area (Å²) in [6, 6.07) is 0.440. The highest BCUT2D eigenvalue weighted by Gasteiger charge is 2.36. The van der Waals surface area contributed by atoms with E-state index in [4.69, 9.17) is 0 Å². The summed E-state index contributed by atoms with van der Waals surface area (Å²) in [4.78, 5) is 2.46. The van der Waals surface area contributed by atoms with Gasteiger partial charge in [-0.2, -0.15) is 0 Å². The lowest BCUT2D eigenvalue weighted by Crippen LogP contribution is -2.49. The van der Waals surface area contributed by atoms with Crippen LogP contribution in [0, 0.1) is 5.92 Å². The Morgan fingerprint density at radius 3 is 2.40 bits per heavy atom. The molecule has 2 saturated heterocycles. The van der Waals surface area contributed by atoms with Gasteiger partial charge in [-0.15, -0.1) is 0 Å². The van der Waals surface area contributed by atoms with E-state index < -0.39 is 10.0 Å². The van der Waals surface area contributed by atoms with E-state index in [1.165, 1.54) is 12.8 Å². The van der Waals surface area contributed by atoms with Gasteiger partial charge in [-0.1, -0.05) is 12.8 Å². The molecule has 0 aromatic heterocycles. The van der Waals surface area contributed by atoms with Crippen LogP contribution in [0.4, 0.5) is 0 Å². The Balaban J connectivity index is 1.55. The highest BCUT2D eigenvalue weighted by molar-refractivity contribution is 7.89. The molecule has 6 heteroatoms. The Labute approximate surface area is 122 Å². The fourth-order valence-electron chi connectivity index (χ4n) is 3.89. The number of rotatable bonds is 4. The van der Waals surface area contributed by atoms with Gasteiger partial charge in [0.1, 0.15) is 0 Å². The standard InChI is InChI=1S/C14H27N3O2S/c18-20(19,12-13-3-1-2-4-13)17-8-5-14(11-17)16-9-6-15-7-10-16/h13-15H,1-12H2. The maximum absolute atomic E-state index is 12.5. The van der Waals surface area contributed by atoms with Gasteiger partial charge in [-0.05, 0) is 25.2 Å². The summed E-state index contributed by atoms with van der Waals surface area (Å²) in [6.45, 7) is 5.62. The maximum Gasteiger partial charge on any atom is 0.214 e. The first-order valence-corrected chi connectivity index (χ1v) is 9.69. The molecule has 3 rings (SSSR count). The van der Waals surface area contributed by atoms with Crippen molar-refractivity contribution in [1.82, 2.24) is 14.5 Å². The summed E-state index contributed by atoms with van der Waals surface area (Å²) in [5.41, 5.74) is 0. The minimum absolute atomic E-state index is 0.390. The predicted octanol–water partition coefficient (Wildman–Crippen LogP) is 0.486. The van der Waals surface area contributed by atoms with Crippen molar-refractivity contribution in [2.24, 2.45) is 5.92 Å². The smallest absolute Gasteiger partial charge is 0.214 e. The Bertz CT molecular complexity index is 414. The van der Waals surface area contributed by atoms with Crippen molar-refractivity contribution in [2.75, 3.05) is 45.0 Å². The van der Waals surface area contributed by atoms with Crippen molar-refractivity contribution in [3.63, 3.8) is 0 Å². The molecule has 0 aromatic carbocycles. The average molecular weight is 301 g/mol. The molecule has 0 bridgehead atoms. The molecule has 0 amide bonds. The van der Waals surface area contributed by atoms with Crippen LogP contribution in [0.1, 0.15) is 32.1 Å². The molecule has 0 spiro atoms. The molecule has 2 aliphatic heterocycles. The third kappa shape index (κ3) is 3.35. The van der Waals surface area contributed by atoms with E-state index in [1.807, 2.05) is 0 Å². The number of piperazine rings is 1. The minimum atomic E-state index is -3.02. The van der Waals surface area contributed by atoms with Crippen LogP contribution in [-0.4, -0.2) is 68.7 Å². The highest BCUT2D eigenvalue weighted by Crippen LogP contribution is 2.28. The summed E-state index contributed by atoms with van der Waals surface area (Å²) in [5.74, 6) is 0.805. The number of hydrogen-bond acceptors (Lipinski definition) is 4. The number of nitrogens with zero attached hydrogens (tertiary/aromatic N) is 2. The summed E-state index contributed by atoms with van der Waals surface area (Å²) in [5, 5.41) is 3.35. The maximum atomic E-state index is 12.5. The van der Waals surface area contributed by atoms with Crippen molar-refractivity contribution in [3.8, 4) is 0 Å². The Morgan fingerprint density at radius 2 is 1.70 bits per heavy atom. The SMILES string of the molecule is O=S(=O)(CC1CCCC1)N1CCC(N2CCNCC2)C1. The van der Waals surface area contributed by atoms with Crippen LogP contribution < -0.4 is 5.32 Å². The fraction of sp³-hybridized carbons (Fsp3) is 1.00. The summed E-state index contributed by atoms with van der Waals surface area (Å²) < 4.78 is 26.8. The molecule has 0 radical (unpaired) electrons. The minimum Gasteiger partial charge on any atom is -0.314 e. The number of sulfonamides is 1. The average Bonchev–Trinajstić information content (AvgIpc) is 3.10. The molecule has 20 heavy (non-hydrogen) atoms. The van der Waals surface area contributed by atoms with E-state index in [1.54, 1.807) is 4.31 Å². The molecule has 116 valence electrons. The molecular formula is C14H27N3O2S. The van der Waals surface area contributed by atoms with E-state index in [-0.39, 0.29) is 0 Å². The monoisotopic (exact) mass is 301 g/mol. The molecule has 2 heterocycles. The van der Waals surface area contributed by atoms with Gasteiger partial charge in [0.15, 0.2) is 0 Å². The van der Waals surface area contributed by atoms with Crippen LogP contribution in [0.5, 0.6) is 0 Å². The van der Waals surface area contributed by atoms with E-state index >= 15 is 0 Å². The van der Waals surface area contributed by atoms with E-state index in [9.17, 15) is 8.42 Å². The molecule has 3 fully saturated rings. The lowest BCUT2D eigenvalue weighted by Gasteiger charge is -2.32. The van der Waals surface area contributed by atoms with Gasteiger partial charge >= 0.3 is 0 Å². The second kappa shape index (κ2) is 6.30. The van der Waals surface area contributed by atoms with Crippen LogP contribution in [0.25, 0.3) is 0 Å². The van der Waals surface area contributed by atoms with Gasteiger partial charge in [0.05, 0.1) is 5.75 Å². The molecule has 1 N–H and O–H groups in total. The Morgan fingerprint density at radius 1 is 1.00 bits per heavy atom. The van der Waals surface area contributed by atoms with Crippen molar-refractivity contribution < 1.29 is 8.42 Å². The zero-order chi connectivity index (χ0) is 14.0. The van der Waals surface area contributed by atoms with Crippen molar-refractivity contribution >= 4 is 10.0 Å². The lowest BCUT2D eigenvalue weighted by molar-refractivity contribution is 0.179. The quantitative estimate of drug-likeness (QED) is 0.821. The van der Waals surface area contributed by atoms with Gasteiger partial charge in [0, 0.05) is 45.3 Å². The van der Waals surface area contributed by atoms with Crippen molar-refractivity contribution in [3.05, 3.63) is 0 Å². The van der Waals surface area contributed by atoms with E-state index in [0.717, 1.165) is 58.5 Å². The second-order valence-electron chi connectivity index (χ2n) is 6.52. The van der Waals surface area contributed by atoms with Gasteiger partial charge in [-0.3, -0.25) is 4.90 Å².